The van der Waals surface area contributed by atoms with Gasteiger partial charge in [0.2, 0.25) is 5.88 Å². The lowest BCUT2D eigenvalue weighted by molar-refractivity contribution is 0.147. The Bertz CT molecular complexity index is 683. The molecule has 1 aliphatic heterocycles. The maximum Gasteiger partial charge on any atom is 0.238 e. The van der Waals surface area contributed by atoms with Gasteiger partial charge >= 0.3 is 0 Å². The molecule has 0 aliphatic carbocycles. The van der Waals surface area contributed by atoms with E-state index in [-0.39, 0.29) is 0 Å². The van der Waals surface area contributed by atoms with Crippen LogP contribution in [0.4, 0.5) is 0 Å². The Labute approximate surface area is 150 Å². The van der Waals surface area contributed by atoms with Crippen LogP contribution in [0.25, 0.3) is 0 Å². The van der Waals surface area contributed by atoms with Gasteiger partial charge in [-0.25, -0.2) is 4.98 Å². The summed E-state index contributed by atoms with van der Waals surface area (Å²) in [5.74, 6) is 1.41. The van der Waals surface area contributed by atoms with E-state index in [0.29, 0.717) is 5.88 Å². The highest BCUT2D eigenvalue weighted by atomic mass is 16.5. The van der Waals surface area contributed by atoms with Crippen LogP contribution in [0.3, 0.4) is 0 Å². The molecule has 1 fully saturated rings. The summed E-state index contributed by atoms with van der Waals surface area (Å²) in [6, 6.07) is 8.20. The van der Waals surface area contributed by atoms with Crippen molar-refractivity contribution in [1.82, 2.24) is 24.7 Å². The van der Waals surface area contributed by atoms with Crippen LogP contribution in [0.15, 0.2) is 36.7 Å². The van der Waals surface area contributed by atoms with Gasteiger partial charge in [-0.05, 0) is 27.2 Å². The number of ether oxygens (including phenoxy) is 1. The number of hydrogen-bond donors (Lipinski definition) is 0. The van der Waals surface area contributed by atoms with Gasteiger partial charge in [-0.1, -0.05) is 18.2 Å². The molecule has 0 unspecified atom stereocenters. The van der Waals surface area contributed by atoms with Crippen LogP contribution in [0, 0.1) is 0 Å². The van der Waals surface area contributed by atoms with Gasteiger partial charge in [-0.2, -0.15) is 0 Å². The Hall–Kier alpha value is -2.02. The minimum absolute atomic E-state index is 0.546. The summed E-state index contributed by atoms with van der Waals surface area (Å²) >= 11 is 0. The van der Waals surface area contributed by atoms with E-state index in [9.17, 15) is 0 Å². The molecule has 1 saturated heterocycles. The van der Waals surface area contributed by atoms with Crippen molar-refractivity contribution in [2.45, 2.75) is 13.1 Å². The van der Waals surface area contributed by atoms with Gasteiger partial charge in [0.1, 0.15) is 5.75 Å². The number of benzene rings is 1. The second kappa shape index (κ2) is 8.38. The molecule has 6 heteroatoms. The van der Waals surface area contributed by atoms with Gasteiger partial charge in [0.05, 0.1) is 11.9 Å². The van der Waals surface area contributed by atoms with Crippen molar-refractivity contribution in [3.8, 4) is 11.6 Å². The van der Waals surface area contributed by atoms with Gasteiger partial charge in [-0.3, -0.25) is 9.88 Å². The first kappa shape index (κ1) is 17.8. The first-order valence-electron chi connectivity index (χ1n) is 8.72. The maximum absolute atomic E-state index is 6.07. The highest BCUT2D eigenvalue weighted by Gasteiger charge is 2.16. The molecule has 0 saturated carbocycles. The SMILES string of the molecule is CN(C)Cc1cncc(Oc2ccccc2CN2CCN(C)CC2)n1. The Kier molecular flexibility index (Phi) is 5.96. The molecule has 0 atom stereocenters. The first-order valence-corrected chi connectivity index (χ1v) is 8.72. The van der Waals surface area contributed by atoms with E-state index in [4.69, 9.17) is 4.74 Å². The highest BCUT2D eigenvalue weighted by molar-refractivity contribution is 5.35. The molecule has 6 nitrogen and oxygen atoms in total. The summed E-state index contributed by atoms with van der Waals surface area (Å²) in [5, 5.41) is 0. The van der Waals surface area contributed by atoms with Crippen molar-refractivity contribution >= 4 is 0 Å². The monoisotopic (exact) mass is 341 g/mol. The number of rotatable bonds is 6. The van der Waals surface area contributed by atoms with E-state index < -0.39 is 0 Å². The molecule has 2 heterocycles. The van der Waals surface area contributed by atoms with E-state index in [1.54, 1.807) is 12.4 Å². The fourth-order valence-corrected chi connectivity index (χ4v) is 2.93. The van der Waals surface area contributed by atoms with Crippen LogP contribution in [0.5, 0.6) is 11.6 Å². The second-order valence-electron chi connectivity index (χ2n) is 6.88. The molecule has 1 aromatic heterocycles. The van der Waals surface area contributed by atoms with Crippen molar-refractivity contribution in [3.63, 3.8) is 0 Å². The molecule has 1 aromatic carbocycles. The summed E-state index contributed by atoms with van der Waals surface area (Å²) in [7, 11) is 6.20. The molecule has 0 radical (unpaired) electrons. The van der Waals surface area contributed by atoms with Gasteiger partial charge < -0.3 is 14.5 Å². The fraction of sp³-hybridized carbons (Fsp3) is 0.474. The van der Waals surface area contributed by atoms with Gasteiger partial charge in [0.25, 0.3) is 0 Å². The predicted octanol–water partition coefficient (Wildman–Crippen LogP) is 2.08. The molecule has 0 amide bonds. The van der Waals surface area contributed by atoms with Crippen LogP contribution in [-0.2, 0) is 13.1 Å². The number of para-hydroxylation sites is 1. The van der Waals surface area contributed by atoms with Crippen molar-refractivity contribution in [3.05, 3.63) is 47.9 Å². The maximum atomic E-state index is 6.07. The van der Waals surface area contributed by atoms with E-state index in [1.165, 1.54) is 5.56 Å². The zero-order chi connectivity index (χ0) is 17.6. The van der Waals surface area contributed by atoms with Gasteiger partial charge in [-0.15, -0.1) is 0 Å². The van der Waals surface area contributed by atoms with Crippen molar-refractivity contribution in [2.24, 2.45) is 0 Å². The molecule has 3 rings (SSSR count). The van der Waals surface area contributed by atoms with E-state index in [2.05, 4.69) is 43.8 Å². The minimum Gasteiger partial charge on any atom is -0.437 e. The number of piperazine rings is 1. The summed E-state index contributed by atoms with van der Waals surface area (Å²) in [4.78, 5) is 15.7. The lowest BCUT2D eigenvalue weighted by atomic mass is 10.1. The number of aromatic nitrogens is 2. The van der Waals surface area contributed by atoms with Crippen LogP contribution in [0.2, 0.25) is 0 Å². The molecule has 0 spiro atoms. The predicted molar refractivity (Wildman–Crippen MR) is 98.7 cm³/mol. The van der Waals surface area contributed by atoms with Gasteiger partial charge in [0.15, 0.2) is 0 Å². The normalized spacial score (nSPS) is 16.3. The summed E-state index contributed by atoms with van der Waals surface area (Å²) < 4.78 is 6.07. The second-order valence-corrected chi connectivity index (χ2v) is 6.88. The zero-order valence-corrected chi connectivity index (χ0v) is 15.4. The average Bonchev–Trinajstić information content (AvgIpc) is 2.58. The fourth-order valence-electron chi connectivity index (χ4n) is 2.93. The largest absolute Gasteiger partial charge is 0.437 e. The third-order valence-electron chi connectivity index (χ3n) is 4.32. The Morgan fingerprint density at radius 3 is 2.60 bits per heavy atom. The molecular weight excluding hydrogens is 314 g/mol. The minimum atomic E-state index is 0.546. The number of hydrogen-bond acceptors (Lipinski definition) is 6. The topological polar surface area (TPSA) is 44.7 Å². The van der Waals surface area contributed by atoms with Crippen molar-refractivity contribution in [1.29, 1.82) is 0 Å². The standard InChI is InChI=1S/C19H27N5O/c1-22(2)15-17-12-20-13-19(21-17)25-18-7-5-4-6-16(18)14-24-10-8-23(3)9-11-24/h4-7,12-13H,8-11,14-15H2,1-3H3. The molecular formula is C19H27N5O. The molecule has 134 valence electrons. The summed E-state index contributed by atoms with van der Waals surface area (Å²) in [6.07, 6.45) is 3.45. The molecule has 0 N–H and O–H groups in total. The highest BCUT2D eigenvalue weighted by Crippen LogP contribution is 2.25. The Morgan fingerprint density at radius 1 is 1.08 bits per heavy atom. The van der Waals surface area contributed by atoms with Gasteiger partial charge in [0, 0.05) is 51.0 Å². The lowest BCUT2D eigenvalue weighted by Gasteiger charge is -2.32. The summed E-state index contributed by atoms with van der Waals surface area (Å²) in [6.45, 7) is 6.04. The lowest BCUT2D eigenvalue weighted by Crippen LogP contribution is -2.43. The molecule has 25 heavy (non-hydrogen) atoms. The van der Waals surface area contributed by atoms with Crippen LogP contribution in [0.1, 0.15) is 11.3 Å². The first-order chi connectivity index (χ1) is 12.1. The smallest absolute Gasteiger partial charge is 0.238 e. The van der Waals surface area contributed by atoms with E-state index in [0.717, 1.165) is 50.7 Å². The van der Waals surface area contributed by atoms with Crippen LogP contribution >= 0.6 is 0 Å². The van der Waals surface area contributed by atoms with Crippen LogP contribution < -0.4 is 4.74 Å². The third kappa shape index (κ3) is 5.22. The molecule has 2 aromatic rings. The third-order valence-corrected chi connectivity index (χ3v) is 4.32. The van der Waals surface area contributed by atoms with Crippen LogP contribution in [-0.4, -0.2) is 72.0 Å². The zero-order valence-electron chi connectivity index (χ0n) is 15.4. The Balaban J connectivity index is 1.70. The number of nitrogens with zero attached hydrogens (tertiary/aromatic N) is 5. The molecule has 0 bridgehead atoms. The molecule has 1 aliphatic rings. The Morgan fingerprint density at radius 2 is 1.84 bits per heavy atom. The van der Waals surface area contributed by atoms with Crippen molar-refractivity contribution in [2.75, 3.05) is 47.3 Å². The number of likely N-dealkylation sites (N-methyl/N-ethyl adjacent to an activating group) is 1. The van der Waals surface area contributed by atoms with E-state index >= 15 is 0 Å². The van der Waals surface area contributed by atoms with E-state index in [1.807, 2.05) is 26.2 Å². The quantitative estimate of drug-likeness (QED) is 0.802. The van der Waals surface area contributed by atoms with Crippen molar-refractivity contribution < 1.29 is 4.74 Å². The average molecular weight is 341 g/mol. The summed E-state index contributed by atoms with van der Waals surface area (Å²) in [5.41, 5.74) is 2.09.